The molecule has 37 heavy (non-hydrogen) atoms. The molecule has 1 amide bonds. The molecular formula is C24H30F4N4O4S. The summed E-state index contributed by atoms with van der Waals surface area (Å²) in [5, 5.41) is 7.64. The molecule has 4 rings (SSSR count). The summed E-state index contributed by atoms with van der Waals surface area (Å²) in [6.07, 6.45) is -1.81. The van der Waals surface area contributed by atoms with Crippen LogP contribution in [-0.4, -0.2) is 58.9 Å². The van der Waals surface area contributed by atoms with E-state index in [0.29, 0.717) is 37.8 Å². The third-order valence-corrected chi connectivity index (χ3v) is 8.64. The molecule has 2 aliphatic rings. The molecule has 2 aromatic heterocycles. The van der Waals surface area contributed by atoms with Gasteiger partial charge >= 0.3 is 6.18 Å². The molecule has 0 unspecified atom stereocenters. The third-order valence-electron chi connectivity index (χ3n) is 6.98. The van der Waals surface area contributed by atoms with Crippen molar-refractivity contribution in [2.75, 3.05) is 18.1 Å². The van der Waals surface area contributed by atoms with E-state index in [2.05, 4.69) is 15.4 Å². The predicted molar refractivity (Wildman–Crippen MR) is 127 cm³/mol. The van der Waals surface area contributed by atoms with Gasteiger partial charge < -0.3 is 10.1 Å². The maximum atomic E-state index is 14.8. The van der Waals surface area contributed by atoms with E-state index in [1.54, 1.807) is 4.68 Å². The zero-order valence-electron chi connectivity index (χ0n) is 20.9. The van der Waals surface area contributed by atoms with Crippen molar-refractivity contribution in [3.8, 4) is 17.1 Å². The molecule has 13 heteroatoms. The molecular weight excluding hydrogens is 516 g/mol. The van der Waals surface area contributed by atoms with Gasteiger partial charge in [-0.05, 0) is 46.5 Å². The number of rotatable bonds is 6. The van der Waals surface area contributed by atoms with Crippen molar-refractivity contribution in [1.29, 1.82) is 0 Å². The number of halogens is 4. The Morgan fingerprint density at radius 1 is 1.30 bits per heavy atom. The highest BCUT2D eigenvalue weighted by Crippen LogP contribution is 2.37. The number of hydrogen-bond acceptors (Lipinski definition) is 6. The first kappa shape index (κ1) is 27.3. The average Bonchev–Trinajstić information content (AvgIpc) is 3.19. The van der Waals surface area contributed by atoms with Crippen LogP contribution in [-0.2, 0) is 27.5 Å². The smallest absolute Gasteiger partial charge is 0.422 e. The first-order valence-corrected chi connectivity index (χ1v) is 14.0. The largest absolute Gasteiger partial charge is 0.468 e. The monoisotopic (exact) mass is 546 g/mol. The number of amides is 1. The number of ether oxygens (including phenoxy) is 1. The fraction of sp³-hybridized carbons (Fsp3) is 0.625. The van der Waals surface area contributed by atoms with Gasteiger partial charge in [0.2, 0.25) is 11.8 Å². The van der Waals surface area contributed by atoms with E-state index in [1.807, 2.05) is 20.8 Å². The van der Waals surface area contributed by atoms with Gasteiger partial charge in [-0.2, -0.15) is 18.3 Å². The summed E-state index contributed by atoms with van der Waals surface area (Å²) >= 11 is 0. The standard InChI is InChI=1S/C24H30F4N4O4S/c1-14(2)32-19-10-15(22(33)30-23(3)6-8-37(34,35)9-7-23)4-5-16(19)21(31-32)17-11-20(29-12-18(17)25)36-13-24(26,27)28/h11-12,14-15H,4-10,13H2,1-3H3,(H,30,33)/t15-/m1/s1. The summed E-state index contributed by atoms with van der Waals surface area (Å²) in [6.45, 7) is 4.09. The van der Waals surface area contributed by atoms with Gasteiger partial charge in [0, 0.05) is 46.8 Å². The maximum absolute atomic E-state index is 14.8. The highest BCUT2D eigenvalue weighted by atomic mass is 32.2. The van der Waals surface area contributed by atoms with E-state index in [4.69, 9.17) is 4.74 Å². The lowest BCUT2D eigenvalue weighted by molar-refractivity contribution is -0.154. The number of nitrogens with one attached hydrogen (secondary N) is 1. The van der Waals surface area contributed by atoms with Crippen molar-refractivity contribution in [3.05, 3.63) is 29.3 Å². The van der Waals surface area contributed by atoms with Crippen molar-refractivity contribution in [2.45, 2.75) is 70.6 Å². The molecule has 1 N–H and O–H groups in total. The minimum atomic E-state index is -4.56. The van der Waals surface area contributed by atoms with Gasteiger partial charge in [-0.25, -0.2) is 17.8 Å². The Labute approximate surface area is 212 Å². The van der Waals surface area contributed by atoms with E-state index in [9.17, 15) is 30.8 Å². The summed E-state index contributed by atoms with van der Waals surface area (Å²) in [5.74, 6) is -1.57. The van der Waals surface area contributed by atoms with Crippen molar-refractivity contribution < 1.29 is 35.5 Å². The number of nitrogens with zero attached hydrogens (tertiary/aromatic N) is 3. The highest BCUT2D eigenvalue weighted by Gasteiger charge is 2.38. The Morgan fingerprint density at radius 2 is 1.97 bits per heavy atom. The van der Waals surface area contributed by atoms with E-state index in [0.717, 1.165) is 23.5 Å². The molecule has 0 saturated carbocycles. The molecule has 1 saturated heterocycles. The number of fused-ring (bicyclic) bond motifs is 1. The first-order chi connectivity index (χ1) is 17.2. The molecule has 0 radical (unpaired) electrons. The molecule has 204 valence electrons. The van der Waals surface area contributed by atoms with Crippen LogP contribution in [0.2, 0.25) is 0 Å². The van der Waals surface area contributed by atoms with Gasteiger partial charge in [-0.1, -0.05) is 0 Å². The van der Waals surface area contributed by atoms with Crippen molar-refractivity contribution in [1.82, 2.24) is 20.1 Å². The van der Waals surface area contributed by atoms with E-state index < -0.39 is 34.0 Å². The Bertz CT molecular complexity index is 1280. The fourth-order valence-corrected chi connectivity index (χ4v) is 6.58. The Hall–Kier alpha value is -2.70. The molecule has 3 heterocycles. The van der Waals surface area contributed by atoms with Crippen molar-refractivity contribution >= 4 is 15.7 Å². The van der Waals surface area contributed by atoms with Crippen LogP contribution in [0.15, 0.2) is 12.3 Å². The quantitative estimate of drug-likeness (QED) is 0.553. The van der Waals surface area contributed by atoms with Crippen LogP contribution in [0.25, 0.3) is 11.3 Å². The number of pyridine rings is 1. The first-order valence-electron chi connectivity index (χ1n) is 12.1. The molecule has 1 aliphatic carbocycles. The van der Waals surface area contributed by atoms with Gasteiger partial charge in [-0.15, -0.1) is 0 Å². The third kappa shape index (κ3) is 6.24. The second-order valence-corrected chi connectivity index (χ2v) is 12.7. The zero-order valence-corrected chi connectivity index (χ0v) is 21.7. The summed E-state index contributed by atoms with van der Waals surface area (Å²) in [5.41, 5.74) is 1.19. The van der Waals surface area contributed by atoms with Crippen LogP contribution in [0.4, 0.5) is 17.6 Å². The normalized spacial score (nSPS) is 20.9. The van der Waals surface area contributed by atoms with Gasteiger partial charge in [0.05, 0.1) is 23.4 Å². The summed E-state index contributed by atoms with van der Waals surface area (Å²) in [6, 6.07) is 1.00. The van der Waals surface area contributed by atoms with E-state index in [-0.39, 0.29) is 40.8 Å². The number of sulfone groups is 1. The van der Waals surface area contributed by atoms with Crippen LogP contribution in [0.3, 0.4) is 0 Å². The SMILES string of the molecule is CC(C)n1nc(-c2cc(OCC(F)(F)F)ncc2F)c2c1C[C@H](C(=O)NC1(C)CCS(=O)(=O)CC1)CC2. The van der Waals surface area contributed by atoms with Crippen LogP contribution in [0, 0.1) is 11.7 Å². The number of carbonyl (C=O) groups excluding carboxylic acids is 1. The van der Waals surface area contributed by atoms with E-state index in [1.165, 1.54) is 0 Å². The molecule has 2 aromatic rings. The maximum Gasteiger partial charge on any atom is 0.422 e. The van der Waals surface area contributed by atoms with Gasteiger partial charge in [-0.3, -0.25) is 9.48 Å². The molecule has 1 fully saturated rings. The minimum absolute atomic E-state index is 0.0124. The molecule has 1 aliphatic heterocycles. The Kier molecular flexibility index (Phi) is 7.30. The summed E-state index contributed by atoms with van der Waals surface area (Å²) in [4.78, 5) is 16.8. The van der Waals surface area contributed by atoms with Crippen LogP contribution in [0.5, 0.6) is 5.88 Å². The number of carbonyl (C=O) groups is 1. The summed E-state index contributed by atoms with van der Waals surface area (Å²) in [7, 11) is -3.07. The predicted octanol–water partition coefficient (Wildman–Crippen LogP) is 3.79. The average molecular weight is 547 g/mol. The van der Waals surface area contributed by atoms with Crippen molar-refractivity contribution in [3.63, 3.8) is 0 Å². The lowest BCUT2D eigenvalue weighted by atomic mass is 9.84. The number of hydrogen-bond donors (Lipinski definition) is 1. The second kappa shape index (κ2) is 9.88. The minimum Gasteiger partial charge on any atom is -0.468 e. The van der Waals surface area contributed by atoms with Gasteiger partial charge in [0.15, 0.2) is 12.4 Å². The zero-order chi connectivity index (χ0) is 27.2. The highest BCUT2D eigenvalue weighted by molar-refractivity contribution is 7.91. The topological polar surface area (TPSA) is 103 Å². The lowest BCUT2D eigenvalue weighted by Gasteiger charge is -2.36. The Balaban J connectivity index is 1.58. The fourth-order valence-electron chi connectivity index (χ4n) is 4.85. The van der Waals surface area contributed by atoms with Crippen molar-refractivity contribution in [2.24, 2.45) is 5.92 Å². The second-order valence-electron chi connectivity index (χ2n) is 10.4. The summed E-state index contributed by atoms with van der Waals surface area (Å²) < 4.78 is 82.5. The van der Waals surface area contributed by atoms with Gasteiger partial charge in [0.1, 0.15) is 9.84 Å². The molecule has 1 atom stereocenters. The van der Waals surface area contributed by atoms with Gasteiger partial charge in [0.25, 0.3) is 0 Å². The molecule has 0 bridgehead atoms. The lowest BCUT2D eigenvalue weighted by Crippen LogP contribution is -2.53. The van der Waals surface area contributed by atoms with E-state index >= 15 is 0 Å². The van der Waals surface area contributed by atoms with Crippen LogP contribution in [0.1, 0.15) is 57.3 Å². The van der Waals surface area contributed by atoms with Crippen LogP contribution >= 0.6 is 0 Å². The molecule has 0 aromatic carbocycles. The Morgan fingerprint density at radius 3 is 2.59 bits per heavy atom. The number of aromatic nitrogens is 3. The molecule has 0 spiro atoms. The number of alkyl halides is 3. The molecule has 8 nitrogen and oxygen atoms in total. The van der Waals surface area contributed by atoms with Crippen LogP contribution < -0.4 is 10.1 Å².